The molecule has 2 N–H and O–H groups in total. The lowest BCUT2D eigenvalue weighted by Gasteiger charge is -2.07. The Morgan fingerprint density at radius 1 is 1.21 bits per heavy atom. The maximum atomic E-state index is 5.73. The second kappa shape index (κ2) is 6.68. The van der Waals surface area contributed by atoms with Gasteiger partial charge in [-0.3, -0.25) is 4.98 Å². The van der Waals surface area contributed by atoms with Crippen molar-refractivity contribution in [2.24, 2.45) is 0 Å². The monoisotopic (exact) mass is 258 g/mol. The van der Waals surface area contributed by atoms with Gasteiger partial charge >= 0.3 is 0 Å². The molecule has 5 heteroatoms. The molecular formula is C14H18N4O. The topological polar surface area (TPSA) is 73.9 Å². The van der Waals surface area contributed by atoms with Gasteiger partial charge in [-0.2, -0.15) is 4.98 Å². The molecular weight excluding hydrogens is 240 g/mol. The summed E-state index contributed by atoms with van der Waals surface area (Å²) in [5.41, 5.74) is 6.73. The van der Waals surface area contributed by atoms with Gasteiger partial charge in [-0.1, -0.05) is 13.0 Å². The van der Waals surface area contributed by atoms with E-state index in [0.717, 1.165) is 30.8 Å². The van der Waals surface area contributed by atoms with Crippen LogP contribution in [0.2, 0.25) is 0 Å². The molecule has 2 aromatic heterocycles. The molecule has 2 aromatic rings. The van der Waals surface area contributed by atoms with E-state index in [1.807, 2.05) is 18.2 Å². The molecule has 0 bridgehead atoms. The summed E-state index contributed by atoms with van der Waals surface area (Å²) < 4.78 is 5.61. The van der Waals surface area contributed by atoms with Crippen LogP contribution in [0, 0.1) is 0 Å². The fourth-order valence-corrected chi connectivity index (χ4v) is 1.71. The normalized spacial score (nSPS) is 10.4. The largest absolute Gasteiger partial charge is 0.477 e. The summed E-state index contributed by atoms with van der Waals surface area (Å²) in [7, 11) is 0. The number of hydrogen-bond acceptors (Lipinski definition) is 5. The molecule has 5 nitrogen and oxygen atoms in total. The lowest BCUT2D eigenvalue weighted by Crippen LogP contribution is -2.07. The van der Waals surface area contributed by atoms with Gasteiger partial charge in [-0.15, -0.1) is 0 Å². The van der Waals surface area contributed by atoms with Crippen LogP contribution in [0.15, 0.2) is 30.5 Å². The Bertz CT molecular complexity index is 516. The zero-order valence-electron chi connectivity index (χ0n) is 11.0. The lowest BCUT2D eigenvalue weighted by atomic mass is 10.3. The third-order valence-electron chi connectivity index (χ3n) is 2.58. The number of aryl methyl sites for hydroxylation is 1. The van der Waals surface area contributed by atoms with Gasteiger partial charge in [-0.25, -0.2) is 4.98 Å². The second-order valence-electron chi connectivity index (χ2n) is 4.22. The highest BCUT2D eigenvalue weighted by Gasteiger charge is 2.03. The molecule has 0 aliphatic rings. The van der Waals surface area contributed by atoms with Crippen LogP contribution in [0.1, 0.15) is 24.9 Å². The molecule has 0 saturated heterocycles. The Morgan fingerprint density at radius 2 is 2.11 bits per heavy atom. The zero-order valence-corrected chi connectivity index (χ0v) is 11.0. The minimum absolute atomic E-state index is 0.450. The zero-order chi connectivity index (χ0) is 13.5. The number of nitrogens with zero attached hydrogens (tertiary/aromatic N) is 3. The van der Waals surface area contributed by atoms with Crippen LogP contribution < -0.4 is 10.5 Å². The van der Waals surface area contributed by atoms with E-state index in [0.29, 0.717) is 18.3 Å². The van der Waals surface area contributed by atoms with Gasteiger partial charge in [0.2, 0.25) is 5.88 Å². The van der Waals surface area contributed by atoms with Crippen LogP contribution in [0.25, 0.3) is 0 Å². The summed E-state index contributed by atoms with van der Waals surface area (Å²) in [6.45, 7) is 2.60. The number of aromatic nitrogens is 3. The minimum Gasteiger partial charge on any atom is -0.477 e. The number of hydrogen-bond donors (Lipinski definition) is 1. The molecule has 19 heavy (non-hydrogen) atoms. The maximum Gasteiger partial charge on any atom is 0.218 e. The van der Waals surface area contributed by atoms with Crippen molar-refractivity contribution in [1.82, 2.24) is 15.0 Å². The first kappa shape index (κ1) is 13.3. The van der Waals surface area contributed by atoms with Crippen molar-refractivity contribution in [3.63, 3.8) is 0 Å². The fraction of sp³-hybridized carbons (Fsp3) is 0.357. The fourth-order valence-electron chi connectivity index (χ4n) is 1.71. The number of nitrogen functional groups attached to an aromatic ring is 1. The molecule has 0 radical (unpaired) electrons. The average molecular weight is 258 g/mol. The van der Waals surface area contributed by atoms with E-state index in [2.05, 4.69) is 21.9 Å². The van der Waals surface area contributed by atoms with E-state index in [9.17, 15) is 0 Å². The number of nitrogens with two attached hydrogens (primary N) is 1. The van der Waals surface area contributed by atoms with Crippen LogP contribution in [-0.4, -0.2) is 21.6 Å². The van der Waals surface area contributed by atoms with Crippen LogP contribution in [0.5, 0.6) is 5.88 Å². The Balaban J connectivity index is 1.92. The second-order valence-corrected chi connectivity index (χ2v) is 4.22. The van der Waals surface area contributed by atoms with Crippen LogP contribution >= 0.6 is 0 Å². The molecule has 0 unspecified atom stereocenters. The van der Waals surface area contributed by atoms with E-state index >= 15 is 0 Å². The van der Waals surface area contributed by atoms with Crippen molar-refractivity contribution >= 4 is 5.82 Å². The van der Waals surface area contributed by atoms with Crippen molar-refractivity contribution in [2.75, 3.05) is 12.3 Å². The number of ether oxygens (including phenoxy) is 1. The smallest absolute Gasteiger partial charge is 0.218 e. The summed E-state index contributed by atoms with van der Waals surface area (Å²) in [6.07, 6.45) is 4.31. The quantitative estimate of drug-likeness (QED) is 0.858. The predicted octanol–water partition coefficient (Wildman–Crippen LogP) is 2.03. The average Bonchev–Trinajstić information content (AvgIpc) is 2.40. The number of pyridine rings is 1. The highest BCUT2D eigenvalue weighted by molar-refractivity contribution is 5.32. The predicted molar refractivity (Wildman–Crippen MR) is 73.9 cm³/mol. The Kier molecular flexibility index (Phi) is 4.66. The number of rotatable bonds is 6. The number of anilines is 1. The lowest BCUT2D eigenvalue weighted by molar-refractivity contribution is 0.306. The van der Waals surface area contributed by atoms with Gasteiger partial charge in [-0.05, 0) is 18.6 Å². The maximum absolute atomic E-state index is 5.73. The molecule has 2 heterocycles. The molecule has 0 aliphatic heterocycles. The molecule has 100 valence electrons. The van der Waals surface area contributed by atoms with Gasteiger partial charge in [0.25, 0.3) is 0 Å². The SMILES string of the molecule is CCCc1nc(N)cc(OCCc2ccccn2)n1. The minimum atomic E-state index is 0.450. The van der Waals surface area contributed by atoms with Gasteiger partial charge < -0.3 is 10.5 Å². The summed E-state index contributed by atoms with van der Waals surface area (Å²) in [5.74, 6) is 1.72. The van der Waals surface area contributed by atoms with E-state index in [1.54, 1.807) is 12.3 Å². The third kappa shape index (κ3) is 4.21. The van der Waals surface area contributed by atoms with E-state index in [4.69, 9.17) is 10.5 Å². The van der Waals surface area contributed by atoms with Gasteiger partial charge in [0, 0.05) is 30.8 Å². The highest BCUT2D eigenvalue weighted by atomic mass is 16.5. The standard InChI is InChI=1S/C14H18N4O/c1-2-5-13-17-12(15)10-14(18-13)19-9-7-11-6-3-4-8-16-11/h3-4,6,8,10H,2,5,7,9H2,1H3,(H2,15,17,18). The molecule has 0 fully saturated rings. The summed E-state index contributed by atoms with van der Waals surface area (Å²) >= 11 is 0. The first-order valence-electron chi connectivity index (χ1n) is 6.44. The Hall–Kier alpha value is -2.17. The summed E-state index contributed by atoms with van der Waals surface area (Å²) in [6, 6.07) is 7.48. The van der Waals surface area contributed by atoms with Crippen molar-refractivity contribution in [1.29, 1.82) is 0 Å². The first-order valence-corrected chi connectivity index (χ1v) is 6.44. The van der Waals surface area contributed by atoms with Crippen molar-refractivity contribution in [3.05, 3.63) is 42.0 Å². The molecule has 0 spiro atoms. The van der Waals surface area contributed by atoms with Crippen molar-refractivity contribution in [2.45, 2.75) is 26.2 Å². The van der Waals surface area contributed by atoms with Crippen molar-refractivity contribution in [3.8, 4) is 5.88 Å². The molecule has 0 aliphatic carbocycles. The summed E-state index contributed by atoms with van der Waals surface area (Å²) in [5, 5.41) is 0. The van der Waals surface area contributed by atoms with E-state index in [-0.39, 0.29) is 0 Å². The van der Waals surface area contributed by atoms with Gasteiger partial charge in [0.15, 0.2) is 0 Å². The van der Waals surface area contributed by atoms with Crippen LogP contribution in [0.3, 0.4) is 0 Å². The van der Waals surface area contributed by atoms with Gasteiger partial charge in [0.1, 0.15) is 11.6 Å². The molecule has 0 aromatic carbocycles. The van der Waals surface area contributed by atoms with E-state index < -0.39 is 0 Å². The van der Waals surface area contributed by atoms with E-state index in [1.165, 1.54) is 0 Å². The van der Waals surface area contributed by atoms with Gasteiger partial charge in [0.05, 0.1) is 6.61 Å². The third-order valence-corrected chi connectivity index (χ3v) is 2.58. The Labute approximate surface area is 112 Å². The van der Waals surface area contributed by atoms with Crippen LogP contribution in [-0.2, 0) is 12.8 Å². The highest BCUT2D eigenvalue weighted by Crippen LogP contribution is 2.12. The Morgan fingerprint density at radius 3 is 2.84 bits per heavy atom. The molecule has 0 amide bonds. The molecule has 0 saturated carbocycles. The first-order chi connectivity index (χ1) is 9.28. The van der Waals surface area contributed by atoms with Crippen molar-refractivity contribution < 1.29 is 4.74 Å². The molecule has 2 rings (SSSR count). The summed E-state index contributed by atoms with van der Waals surface area (Å²) in [4.78, 5) is 12.7. The van der Waals surface area contributed by atoms with Crippen LogP contribution in [0.4, 0.5) is 5.82 Å². The molecule has 0 atom stereocenters.